The molecule has 36 heavy (non-hydrogen) atoms. The topological polar surface area (TPSA) is 79.5 Å². The van der Waals surface area contributed by atoms with E-state index in [1.54, 1.807) is 16.6 Å². The molecular formula is C28H22Cl2N4O2. The number of hydrogen-bond acceptors (Lipinski definition) is 5. The standard InChI is InChI=1S/C28H22Cl2N4O2/c29-27-21(19-9-7-18(17-36)8-10-19)3-1-5-23(27)24-6-2-4-22(28(24)30)20-11-13-34-26(15-20)32-25(33-34)16-31-12-14-35/h1-11,13,15,17,31,35H,12,14,16H2. The Hall–Kier alpha value is -3.55. The molecule has 0 radical (unpaired) electrons. The number of benzene rings is 3. The summed E-state index contributed by atoms with van der Waals surface area (Å²) in [6, 6.07) is 22.9. The molecule has 3 aromatic carbocycles. The SMILES string of the molecule is O=Cc1ccc(-c2cccc(-c3cccc(-c4ccn5nc(CNCCO)nc5c4)c3Cl)c2Cl)cc1. The highest BCUT2D eigenvalue weighted by atomic mass is 35.5. The van der Waals surface area contributed by atoms with Crippen LogP contribution in [0.5, 0.6) is 0 Å². The van der Waals surface area contributed by atoms with E-state index in [1.165, 1.54) is 0 Å². The molecule has 2 heterocycles. The summed E-state index contributed by atoms with van der Waals surface area (Å²) in [6.45, 7) is 1.02. The van der Waals surface area contributed by atoms with Crippen LogP contribution in [0.2, 0.25) is 10.0 Å². The third kappa shape index (κ3) is 4.76. The molecule has 5 aromatic rings. The fraction of sp³-hybridized carbons (Fsp3) is 0.107. The first kappa shape index (κ1) is 24.2. The maximum Gasteiger partial charge on any atom is 0.165 e. The summed E-state index contributed by atoms with van der Waals surface area (Å²) in [7, 11) is 0. The highest BCUT2D eigenvalue weighted by molar-refractivity contribution is 6.39. The van der Waals surface area contributed by atoms with Crippen LogP contribution in [0.25, 0.3) is 39.0 Å². The van der Waals surface area contributed by atoms with Crippen molar-refractivity contribution in [3.05, 3.63) is 100 Å². The number of pyridine rings is 1. The molecule has 2 aromatic heterocycles. The number of aliphatic hydroxyl groups excluding tert-OH is 1. The summed E-state index contributed by atoms with van der Waals surface area (Å²) >= 11 is 13.8. The Morgan fingerprint density at radius 1 is 0.861 bits per heavy atom. The molecule has 0 spiro atoms. The average Bonchev–Trinajstić information content (AvgIpc) is 3.31. The van der Waals surface area contributed by atoms with Crippen molar-refractivity contribution in [1.29, 1.82) is 0 Å². The Bertz CT molecular complexity index is 1550. The van der Waals surface area contributed by atoms with Crippen LogP contribution in [0, 0.1) is 0 Å². The maximum atomic E-state index is 11.0. The first-order chi connectivity index (χ1) is 17.6. The van der Waals surface area contributed by atoms with E-state index in [2.05, 4.69) is 15.4 Å². The molecule has 0 atom stereocenters. The lowest BCUT2D eigenvalue weighted by atomic mass is 9.95. The average molecular weight is 517 g/mol. The van der Waals surface area contributed by atoms with Crippen LogP contribution in [-0.2, 0) is 6.54 Å². The van der Waals surface area contributed by atoms with Crippen LogP contribution in [0.4, 0.5) is 0 Å². The van der Waals surface area contributed by atoms with Gasteiger partial charge < -0.3 is 10.4 Å². The lowest BCUT2D eigenvalue weighted by molar-refractivity contribution is 0.112. The molecule has 0 fully saturated rings. The number of aromatic nitrogens is 3. The molecule has 6 nitrogen and oxygen atoms in total. The minimum Gasteiger partial charge on any atom is -0.395 e. The molecule has 5 rings (SSSR count). The first-order valence-electron chi connectivity index (χ1n) is 11.4. The molecule has 0 saturated carbocycles. The van der Waals surface area contributed by atoms with E-state index >= 15 is 0 Å². The molecule has 0 aliphatic rings. The predicted molar refractivity (Wildman–Crippen MR) is 143 cm³/mol. The van der Waals surface area contributed by atoms with Crippen LogP contribution >= 0.6 is 23.2 Å². The van der Waals surface area contributed by atoms with Crippen molar-refractivity contribution in [2.24, 2.45) is 0 Å². The largest absolute Gasteiger partial charge is 0.395 e. The van der Waals surface area contributed by atoms with Gasteiger partial charge in [-0.05, 0) is 23.3 Å². The van der Waals surface area contributed by atoms with Gasteiger partial charge in [-0.1, -0.05) is 83.9 Å². The molecule has 0 aliphatic heterocycles. The lowest BCUT2D eigenvalue weighted by Crippen LogP contribution is -2.18. The van der Waals surface area contributed by atoms with Gasteiger partial charge in [0.1, 0.15) is 6.29 Å². The molecule has 0 amide bonds. The van der Waals surface area contributed by atoms with Gasteiger partial charge in [0.25, 0.3) is 0 Å². The Labute approximate surface area is 218 Å². The van der Waals surface area contributed by atoms with Crippen molar-refractivity contribution in [3.8, 4) is 33.4 Å². The van der Waals surface area contributed by atoms with E-state index in [4.69, 9.17) is 28.3 Å². The van der Waals surface area contributed by atoms with Crippen molar-refractivity contribution in [3.63, 3.8) is 0 Å². The Kier molecular flexibility index (Phi) is 7.11. The van der Waals surface area contributed by atoms with E-state index in [0.717, 1.165) is 39.7 Å². The number of carbonyl (C=O) groups excluding carboxylic acids is 1. The van der Waals surface area contributed by atoms with Gasteiger partial charge >= 0.3 is 0 Å². The number of nitrogens with zero attached hydrogens (tertiary/aromatic N) is 3. The summed E-state index contributed by atoms with van der Waals surface area (Å²) in [6.07, 6.45) is 2.67. The van der Waals surface area contributed by atoms with E-state index in [-0.39, 0.29) is 6.61 Å². The quantitative estimate of drug-likeness (QED) is 0.197. The van der Waals surface area contributed by atoms with Crippen molar-refractivity contribution in [2.75, 3.05) is 13.2 Å². The second-order valence-corrected chi connectivity index (χ2v) is 8.98. The number of aliphatic hydroxyl groups is 1. The monoisotopic (exact) mass is 516 g/mol. The van der Waals surface area contributed by atoms with Gasteiger partial charge in [-0.3, -0.25) is 4.79 Å². The van der Waals surface area contributed by atoms with Gasteiger partial charge in [0, 0.05) is 40.6 Å². The Morgan fingerprint density at radius 2 is 1.50 bits per heavy atom. The summed E-state index contributed by atoms with van der Waals surface area (Å²) in [5.74, 6) is 0.644. The van der Waals surface area contributed by atoms with Crippen LogP contribution < -0.4 is 5.32 Å². The number of aldehydes is 1. The zero-order chi connectivity index (χ0) is 25.1. The van der Waals surface area contributed by atoms with E-state index in [1.807, 2.05) is 66.9 Å². The second kappa shape index (κ2) is 10.6. The van der Waals surface area contributed by atoms with Crippen LogP contribution in [0.1, 0.15) is 16.2 Å². The fourth-order valence-electron chi connectivity index (χ4n) is 4.12. The molecule has 8 heteroatoms. The molecule has 2 N–H and O–H groups in total. The van der Waals surface area contributed by atoms with Crippen molar-refractivity contribution >= 4 is 35.1 Å². The summed E-state index contributed by atoms with van der Waals surface area (Å²) < 4.78 is 1.72. The number of halogens is 2. The predicted octanol–water partition coefficient (Wildman–Crippen LogP) is 5.93. The zero-order valence-electron chi connectivity index (χ0n) is 19.2. The number of fused-ring (bicyclic) bond motifs is 1. The van der Waals surface area contributed by atoms with Crippen LogP contribution in [-0.4, -0.2) is 39.1 Å². The molecule has 0 unspecified atom stereocenters. The van der Waals surface area contributed by atoms with Crippen LogP contribution in [0.15, 0.2) is 79.0 Å². The zero-order valence-corrected chi connectivity index (χ0v) is 20.7. The summed E-state index contributed by atoms with van der Waals surface area (Å²) in [5, 5.41) is 17.7. The number of carbonyl (C=O) groups is 1. The third-order valence-electron chi connectivity index (χ3n) is 5.91. The molecule has 180 valence electrons. The Morgan fingerprint density at radius 3 is 2.14 bits per heavy atom. The van der Waals surface area contributed by atoms with Gasteiger partial charge in [0.2, 0.25) is 0 Å². The highest BCUT2D eigenvalue weighted by Gasteiger charge is 2.16. The number of rotatable bonds is 8. The van der Waals surface area contributed by atoms with Gasteiger partial charge in [-0.15, -0.1) is 5.10 Å². The highest BCUT2D eigenvalue weighted by Crippen LogP contribution is 2.42. The maximum absolute atomic E-state index is 11.0. The lowest BCUT2D eigenvalue weighted by Gasteiger charge is -2.14. The fourth-order valence-corrected chi connectivity index (χ4v) is 4.79. The van der Waals surface area contributed by atoms with Crippen molar-refractivity contribution in [1.82, 2.24) is 19.9 Å². The Balaban J connectivity index is 1.52. The van der Waals surface area contributed by atoms with E-state index in [9.17, 15) is 4.79 Å². The summed E-state index contributed by atoms with van der Waals surface area (Å²) in [5.41, 5.74) is 6.50. The number of nitrogens with one attached hydrogen (secondary N) is 1. The van der Waals surface area contributed by atoms with Crippen molar-refractivity contribution in [2.45, 2.75) is 6.54 Å². The van der Waals surface area contributed by atoms with Gasteiger partial charge in [-0.25, -0.2) is 9.50 Å². The van der Waals surface area contributed by atoms with Gasteiger partial charge in [0.05, 0.1) is 23.2 Å². The smallest absolute Gasteiger partial charge is 0.165 e. The second-order valence-electron chi connectivity index (χ2n) is 8.22. The molecule has 0 saturated heterocycles. The molecular weight excluding hydrogens is 495 g/mol. The van der Waals surface area contributed by atoms with Gasteiger partial charge in [-0.2, -0.15) is 0 Å². The normalized spacial score (nSPS) is 11.2. The molecule has 0 bridgehead atoms. The first-order valence-corrected chi connectivity index (χ1v) is 12.1. The van der Waals surface area contributed by atoms with Gasteiger partial charge in [0.15, 0.2) is 11.5 Å². The number of hydrogen-bond donors (Lipinski definition) is 2. The minimum absolute atomic E-state index is 0.0612. The molecule has 0 aliphatic carbocycles. The minimum atomic E-state index is 0.0612. The van der Waals surface area contributed by atoms with E-state index in [0.29, 0.717) is 40.2 Å². The van der Waals surface area contributed by atoms with E-state index < -0.39 is 0 Å². The third-order valence-corrected chi connectivity index (χ3v) is 6.72. The summed E-state index contributed by atoms with van der Waals surface area (Å²) in [4.78, 5) is 15.6. The van der Waals surface area contributed by atoms with Crippen LogP contribution in [0.3, 0.4) is 0 Å². The van der Waals surface area contributed by atoms with Crippen molar-refractivity contribution < 1.29 is 9.90 Å².